The lowest BCUT2D eigenvalue weighted by molar-refractivity contribution is -0.130. The minimum atomic E-state index is -0.447. The highest BCUT2D eigenvalue weighted by Crippen LogP contribution is 2.17. The molecule has 1 fully saturated rings. The van der Waals surface area contributed by atoms with Crippen LogP contribution in [0.1, 0.15) is 18.9 Å². The Kier molecular flexibility index (Phi) is 4.32. The Balaban J connectivity index is 1.95. The van der Waals surface area contributed by atoms with Gasteiger partial charge in [0, 0.05) is 19.2 Å². The number of carbonyl (C=O) groups is 1. The zero-order valence-corrected chi connectivity index (χ0v) is 10.9. The maximum absolute atomic E-state index is 12.7. The summed E-state index contributed by atoms with van der Waals surface area (Å²) in [5, 5.41) is 9.75. The zero-order chi connectivity index (χ0) is 13.8. The van der Waals surface area contributed by atoms with Crippen LogP contribution in [-0.2, 0) is 4.79 Å². The third-order valence-corrected chi connectivity index (χ3v) is 3.52. The molecule has 1 heterocycles. The summed E-state index contributed by atoms with van der Waals surface area (Å²) in [7, 11) is 0. The van der Waals surface area contributed by atoms with Gasteiger partial charge in [0.15, 0.2) is 0 Å². The minimum Gasteiger partial charge on any atom is -0.391 e. The SMILES string of the molecule is CC1CCN(C(=O)/C=C/c2ccc(F)cc2)CC1O. The third kappa shape index (κ3) is 3.64. The molecule has 19 heavy (non-hydrogen) atoms. The summed E-state index contributed by atoms with van der Waals surface area (Å²) in [6.07, 6.45) is 3.50. The van der Waals surface area contributed by atoms with E-state index in [-0.39, 0.29) is 17.6 Å². The molecule has 0 bridgehead atoms. The van der Waals surface area contributed by atoms with Crippen LogP contribution < -0.4 is 0 Å². The van der Waals surface area contributed by atoms with Crippen LogP contribution >= 0.6 is 0 Å². The van der Waals surface area contributed by atoms with Gasteiger partial charge in [0.25, 0.3) is 0 Å². The van der Waals surface area contributed by atoms with E-state index in [1.165, 1.54) is 18.2 Å². The van der Waals surface area contributed by atoms with Gasteiger partial charge in [-0.25, -0.2) is 4.39 Å². The predicted octanol–water partition coefficient (Wildman–Crippen LogP) is 2.07. The first-order valence-electron chi connectivity index (χ1n) is 6.47. The molecule has 1 aromatic carbocycles. The highest BCUT2D eigenvalue weighted by Gasteiger charge is 2.25. The van der Waals surface area contributed by atoms with Crippen molar-refractivity contribution in [1.82, 2.24) is 4.90 Å². The monoisotopic (exact) mass is 263 g/mol. The molecule has 1 amide bonds. The minimum absolute atomic E-state index is 0.115. The van der Waals surface area contributed by atoms with Crippen molar-refractivity contribution in [3.63, 3.8) is 0 Å². The molecule has 102 valence electrons. The number of rotatable bonds is 2. The lowest BCUT2D eigenvalue weighted by atomic mass is 9.96. The van der Waals surface area contributed by atoms with Crippen molar-refractivity contribution in [3.8, 4) is 0 Å². The molecule has 0 aromatic heterocycles. The fourth-order valence-electron chi connectivity index (χ4n) is 2.10. The largest absolute Gasteiger partial charge is 0.391 e. The van der Waals surface area contributed by atoms with E-state index in [1.807, 2.05) is 6.92 Å². The normalized spacial score (nSPS) is 23.8. The van der Waals surface area contributed by atoms with E-state index in [0.717, 1.165) is 12.0 Å². The standard InChI is InChI=1S/C15H18FNO2/c1-11-8-9-17(10-14(11)18)15(19)7-4-12-2-5-13(16)6-3-12/h2-7,11,14,18H,8-10H2,1H3/b7-4+. The molecule has 1 N–H and O–H groups in total. The molecule has 2 unspecified atom stereocenters. The van der Waals surface area contributed by atoms with E-state index < -0.39 is 6.10 Å². The van der Waals surface area contributed by atoms with Gasteiger partial charge in [-0.2, -0.15) is 0 Å². The molecule has 4 heteroatoms. The van der Waals surface area contributed by atoms with Crippen molar-refractivity contribution < 1.29 is 14.3 Å². The average Bonchev–Trinajstić information content (AvgIpc) is 2.41. The average molecular weight is 263 g/mol. The molecular formula is C15H18FNO2. The highest BCUT2D eigenvalue weighted by molar-refractivity contribution is 5.91. The molecule has 0 radical (unpaired) electrons. The number of aliphatic hydroxyl groups excluding tert-OH is 1. The molecule has 2 rings (SSSR count). The van der Waals surface area contributed by atoms with Crippen LogP contribution in [0.5, 0.6) is 0 Å². The quantitative estimate of drug-likeness (QED) is 0.830. The molecule has 0 aliphatic carbocycles. The maximum atomic E-state index is 12.7. The second-order valence-electron chi connectivity index (χ2n) is 5.00. The second-order valence-corrected chi connectivity index (χ2v) is 5.00. The number of likely N-dealkylation sites (tertiary alicyclic amines) is 1. The molecule has 2 atom stereocenters. The number of hydrogen-bond acceptors (Lipinski definition) is 2. The fraction of sp³-hybridized carbons (Fsp3) is 0.400. The molecule has 1 aliphatic heterocycles. The summed E-state index contributed by atoms with van der Waals surface area (Å²) in [5.41, 5.74) is 0.778. The lowest BCUT2D eigenvalue weighted by Crippen LogP contribution is -2.45. The van der Waals surface area contributed by atoms with E-state index in [2.05, 4.69) is 0 Å². The van der Waals surface area contributed by atoms with E-state index in [4.69, 9.17) is 0 Å². The molecule has 0 spiro atoms. The first kappa shape index (κ1) is 13.7. The van der Waals surface area contributed by atoms with Crippen LogP contribution in [0, 0.1) is 11.7 Å². The maximum Gasteiger partial charge on any atom is 0.246 e. The van der Waals surface area contributed by atoms with Crippen LogP contribution in [0.4, 0.5) is 4.39 Å². The molecular weight excluding hydrogens is 245 g/mol. The number of amides is 1. The molecule has 0 saturated carbocycles. The van der Waals surface area contributed by atoms with Crippen molar-refractivity contribution >= 4 is 12.0 Å². The Morgan fingerprint density at radius 1 is 1.42 bits per heavy atom. The Morgan fingerprint density at radius 2 is 2.11 bits per heavy atom. The van der Waals surface area contributed by atoms with E-state index in [1.54, 1.807) is 23.1 Å². The van der Waals surface area contributed by atoms with Gasteiger partial charge in [-0.1, -0.05) is 19.1 Å². The van der Waals surface area contributed by atoms with Crippen molar-refractivity contribution in [1.29, 1.82) is 0 Å². The van der Waals surface area contributed by atoms with Gasteiger partial charge < -0.3 is 10.0 Å². The van der Waals surface area contributed by atoms with Crippen LogP contribution in [0.25, 0.3) is 6.08 Å². The molecule has 1 aliphatic rings. The first-order chi connectivity index (χ1) is 9.06. The number of β-amino-alcohol motifs (C(OH)–C–C–N with tert-alkyl or cyclic N) is 1. The van der Waals surface area contributed by atoms with Gasteiger partial charge in [0.2, 0.25) is 5.91 Å². The first-order valence-corrected chi connectivity index (χ1v) is 6.47. The van der Waals surface area contributed by atoms with Crippen molar-refractivity contribution in [2.45, 2.75) is 19.4 Å². The Bertz CT molecular complexity index is 470. The topological polar surface area (TPSA) is 40.5 Å². The lowest BCUT2D eigenvalue weighted by Gasteiger charge is -2.33. The van der Waals surface area contributed by atoms with Crippen LogP contribution in [0.2, 0.25) is 0 Å². The summed E-state index contributed by atoms with van der Waals surface area (Å²) in [6.45, 7) is 3.04. The smallest absolute Gasteiger partial charge is 0.246 e. The Morgan fingerprint density at radius 3 is 2.74 bits per heavy atom. The van der Waals surface area contributed by atoms with Gasteiger partial charge in [0.1, 0.15) is 5.82 Å². The molecule has 1 aromatic rings. The summed E-state index contributed by atoms with van der Waals surface area (Å²) >= 11 is 0. The van der Waals surface area contributed by atoms with Gasteiger partial charge in [-0.15, -0.1) is 0 Å². The van der Waals surface area contributed by atoms with E-state index in [0.29, 0.717) is 13.1 Å². The number of halogens is 1. The van der Waals surface area contributed by atoms with Gasteiger partial charge in [0.05, 0.1) is 6.10 Å². The number of hydrogen-bond donors (Lipinski definition) is 1. The predicted molar refractivity (Wildman–Crippen MR) is 71.8 cm³/mol. The number of benzene rings is 1. The van der Waals surface area contributed by atoms with Crippen molar-refractivity contribution in [2.75, 3.05) is 13.1 Å². The summed E-state index contributed by atoms with van der Waals surface area (Å²) in [6, 6.07) is 5.95. The van der Waals surface area contributed by atoms with Crippen LogP contribution in [0.3, 0.4) is 0 Å². The van der Waals surface area contributed by atoms with E-state index in [9.17, 15) is 14.3 Å². The number of aliphatic hydroxyl groups is 1. The summed E-state index contributed by atoms with van der Waals surface area (Å²) < 4.78 is 12.7. The van der Waals surface area contributed by atoms with Crippen LogP contribution in [-0.4, -0.2) is 35.1 Å². The third-order valence-electron chi connectivity index (χ3n) is 3.52. The van der Waals surface area contributed by atoms with Crippen molar-refractivity contribution in [3.05, 3.63) is 41.7 Å². The van der Waals surface area contributed by atoms with E-state index >= 15 is 0 Å². The van der Waals surface area contributed by atoms with Crippen LogP contribution in [0.15, 0.2) is 30.3 Å². The Hall–Kier alpha value is -1.68. The number of carbonyl (C=O) groups excluding carboxylic acids is 1. The number of nitrogens with zero attached hydrogens (tertiary/aromatic N) is 1. The van der Waals surface area contributed by atoms with Gasteiger partial charge in [-0.3, -0.25) is 4.79 Å². The Labute approximate surface area is 112 Å². The zero-order valence-electron chi connectivity index (χ0n) is 10.9. The summed E-state index contributed by atoms with van der Waals surface area (Å²) in [5.74, 6) is -0.169. The van der Waals surface area contributed by atoms with Gasteiger partial charge >= 0.3 is 0 Å². The van der Waals surface area contributed by atoms with Crippen molar-refractivity contribution in [2.24, 2.45) is 5.92 Å². The summed E-state index contributed by atoms with van der Waals surface area (Å²) in [4.78, 5) is 13.6. The fourth-order valence-corrected chi connectivity index (χ4v) is 2.10. The second kappa shape index (κ2) is 5.97. The van der Waals surface area contributed by atoms with Gasteiger partial charge in [-0.05, 0) is 36.1 Å². The molecule has 1 saturated heterocycles. The molecule has 3 nitrogen and oxygen atoms in total. The highest BCUT2D eigenvalue weighted by atomic mass is 19.1. The number of piperidine rings is 1.